The molecule has 0 aliphatic rings. The minimum absolute atomic E-state index is 0.135. The third-order valence-electron chi connectivity index (χ3n) is 5.54. The maximum Gasteiger partial charge on any atom is 0.276 e. The number of hydrogen-bond acceptors (Lipinski definition) is 7. The van der Waals surface area contributed by atoms with Crippen molar-refractivity contribution in [3.8, 4) is 0 Å². The fourth-order valence-electron chi connectivity index (χ4n) is 3.64. The molecule has 3 heterocycles. The van der Waals surface area contributed by atoms with Crippen molar-refractivity contribution in [2.24, 2.45) is 0 Å². The number of aryl methyl sites for hydroxylation is 4. The fraction of sp³-hybridized carbons (Fsp3) is 0.160. The monoisotopic (exact) mass is 487 g/mol. The predicted molar refractivity (Wildman–Crippen MR) is 138 cm³/mol. The lowest BCUT2D eigenvalue weighted by Gasteiger charge is -2.04. The van der Waals surface area contributed by atoms with E-state index in [4.69, 9.17) is 0 Å². The summed E-state index contributed by atoms with van der Waals surface area (Å²) in [6.07, 6.45) is 0. The van der Waals surface area contributed by atoms with Gasteiger partial charge in [0.05, 0.1) is 20.4 Å². The maximum atomic E-state index is 12.8. The van der Waals surface area contributed by atoms with Crippen LogP contribution in [0, 0.1) is 27.7 Å². The number of nitrogens with one attached hydrogen (secondary N) is 2. The highest BCUT2D eigenvalue weighted by Crippen LogP contribution is 2.32. The molecule has 0 fully saturated rings. The molecule has 0 atom stereocenters. The molecule has 0 spiro atoms. The molecule has 170 valence electrons. The fourth-order valence-corrected chi connectivity index (χ4v) is 5.65. The molecule has 0 bridgehead atoms. The van der Waals surface area contributed by atoms with E-state index in [9.17, 15) is 9.59 Å². The average Bonchev–Trinajstić information content (AvgIpc) is 3.45. The zero-order chi connectivity index (χ0) is 24.0. The highest BCUT2D eigenvalue weighted by atomic mass is 32.1. The molecule has 5 rings (SSSR count). The molecule has 0 aliphatic carbocycles. The van der Waals surface area contributed by atoms with Crippen LogP contribution in [0.2, 0.25) is 0 Å². The van der Waals surface area contributed by atoms with Gasteiger partial charge in [0.25, 0.3) is 11.8 Å². The first-order valence-corrected chi connectivity index (χ1v) is 12.3. The second-order valence-corrected chi connectivity index (χ2v) is 10.1. The van der Waals surface area contributed by atoms with Crippen LogP contribution < -0.4 is 10.6 Å². The molecule has 34 heavy (non-hydrogen) atoms. The smallest absolute Gasteiger partial charge is 0.276 e. The quantitative estimate of drug-likeness (QED) is 0.322. The summed E-state index contributed by atoms with van der Waals surface area (Å²) < 4.78 is 2.08. The van der Waals surface area contributed by atoms with Crippen molar-refractivity contribution in [2.75, 3.05) is 10.6 Å². The zero-order valence-electron chi connectivity index (χ0n) is 19.0. The van der Waals surface area contributed by atoms with Crippen molar-refractivity contribution in [1.82, 2.24) is 15.0 Å². The Morgan fingerprint density at radius 2 is 1.03 bits per heavy atom. The van der Waals surface area contributed by atoms with Crippen molar-refractivity contribution in [2.45, 2.75) is 27.7 Å². The van der Waals surface area contributed by atoms with Crippen molar-refractivity contribution >= 4 is 65.2 Å². The Labute approximate surface area is 203 Å². The summed E-state index contributed by atoms with van der Waals surface area (Å²) in [4.78, 5) is 39.1. The van der Waals surface area contributed by atoms with Gasteiger partial charge in [0.2, 0.25) is 0 Å². The molecule has 7 nitrogen and oxygen atoms in total. The second-order valence-electron chi connectivity index (χ2n) is 8.11. The predicted octanol–water partition coefficient (Wildman–Crippen LogP) is 6.04. The van der Waals surface area contributed by atoms with Gasteiger partial charge in [-0.1, -0.05) is 53.0 Å². The number of carbonyl (C=O) groups excluding carboxylic acids is 2. The standard InChI is InChI=1S/C25H21N5O2S2/c1-12-8-10-14(3)20-18(12)27-24(33-20)29-22(31)16-6-5-7-17(26-16)23(32)30-25-28-19-13(2)9-11-15(4)21(19)34-25/h5-11H,1-4H3,(H,27,29,31)(H,28,30,32). The minimum Gasteiger partial charge on any atom is -0.296 e. The SMILES string of the molecule is Cc1ccc(C)c2sc(NC(=O)c3cccc(C(=O)Nc4nc5c(C)ccc(C)c5s4)n3)nc12. The zero-order valence-corrected chi connectivity index (χ0v) is 20.6. The van der Waals surface area contributed by atoms with Crippen LogP contribution in [0.4, 0.5) is 10.3 Å². The Bertz CT molecular complexity index is 1410. The summed E-state index contributed by atoms with van der Waals surface area (Å²) in [7, 11) is 0. The van der Waals surface area contributed by atoms with E-state index < -0.39 is 11.8 Å². The van der Waals surface area contributed by atoms with Crippen molar-refractivity contribution in [1.29, 1.82) is 0 Å². The Kier molecular flexibility index (Phi) is 5.59. The van der Waals surface area contributed by atoms with E-state index in [0.717, 1.165) is 42.7 Å². The van der Waals surface area contributed by atoms with E-state index in [0.29, 0.717) is 10.3 Å². The first kappa shape index (κ1) is 22.1. The second kappa shape index (κ2) is 8.58. The van der Waals surface area contributed by atoms with E-state index in [1.807, 2.05) is 52.0 Å². The summed E-state index contributed by atoms with van der Waals surface area (Å²) in [6, 6.07) is 12.9. The largest absolute Gasteiger partial charge is 0.296 e. The summed E-state index contributed by atoms with van der Waals surface area (Å²) in [5.41, 5.74) is 6.34. The van der Waals surface area contributed by atoms with Crippen LogP contribution >= 0.6 is 22.7 Å². The van der Waals surface area contributed by atoms with E-state index in [2.05, 4.69) is 25.6 Å². The number of anilines is 2. The van der Waals surface area contributed by atoms with Gasteiger partial charge >= 0.3 is 0 Å². The van der Waals surface area contributed by atoms with Gasteiger partial charge in [-0.2, -0.15) is 0 Å². The van der Waals surface area contributed by atoms with E-state index in [1.165, 1.54) is 22.7 Å². The molecule has 9 heteroatoms. The van der Waals surface area contributed by atoms with Gasteiger partial charge in [0, 0.05) is 0 Å². The van der Waals surface area contributed by atoms with Crippen LogP contribution in [-0.2, 0) is 0 Å². The Morgan fingerprint density at radius 3 is 1.44 bits per heavy atom. The number of pyridine rings is 1. The van der Waals surface area contributed by atoms with E-state index in [-0.39, 0.29) is 11.4 Å². The molecule has 0 saturated heterocycles. The van der Waals surface area contributed by atoms with Crippen LogP contribution in [0.25, 0.3) is 20.4 Å². The number of carbonyl (C=O) groups is 2. The van der Waals surface area contributed by atoms with Crippen molar-refractivity contribution < 1.29 is 9.59 Å². The third-order valence-corrected chi connectivity index (χ3v) is 7.75. The van der Waals surface area contributed by atoms with Crippen LogP contribution in [-0.4, -0.2) is 26.8 Å². The Morgan fingerprint density at radius 1 is 0.618 bits per heavy atom. The highest BCUT2D eigenvalue weighted by molar-refractivity contribution is 7.23. The molecule has 0 radical (unpaired) electrons. The normalized spacial score (nSPS) is 11.2. The molecule has 3 aromatic heterocycles. The number of benzene rings is 2. The van der Waals surface area contributed by atoms with Gasteiger partial charge in [-0.3, -0.25) is 20.2 Å². The van der Waals surface area contributed by atoms with Crippen molar-refractivity contribution in [3.63, 3.8) is 0 Å². The number of hydrogen-bond donors (Lipinski definition) is 2. The Hall–Kier alpha value is -3.69. The van der Waals surface area contributed by atoms with Crippen molar-refractivity contribution in [3.05, 3.63) is 76.1 Å². The highest BCUT2D eigenvalue weighted by Gasteiger charge is 2.17. The van der Waals surface area contributed by atoms with E-state index in [1.54, 1.807) is 18.2 Å². The summed E-state index contributed by atoms with van der Waals surface area (Å²) in [6.45, 7) is 8.02. The number of nitrogens with zero attached hydrogens (tertiary/aromatic N) is 3. The molecule has 2 N–H and O–H groups in total. The summed E-state index contributed by atoms with van der Waals surface area (Å²) >= 11 is 2.84. The first-order valence-electron chi connectivity index (χ1n) is 10.6. The average molecular weight is 488 g/mol. The molecule has 5 aromatic rings. The number of thiazole rings is 2. The van der Waals surface area contributed by atoms with Crippen LogP contribution in [0.5, 0.6) is 0 Å². The minimum atomic E-state index is -0.421. The lowest BCUT2D eigenvalue weighted by atomic mass is 10.1. The first-order chi connectivity index (χ1) is 16.3. The lowest BCUT2D eigenvalue weighted by molar-refractivity contribution is 0.101. The number of rotatable bonds is 4. The maximum absolute atomic E-state index is 12.8. The third kappa shape index (κ3) is 4.04. The number of fused-ring (bicyclic) bond motifs is 2. The molecule has 0 saturated carbocycles. The Balaban J connectivity index is 1.36. The molecular weight excluding hydrogens is 466 g/mol. The van der Waals surface area contributed by atoms with Crippen LogP contribution in [0.3, 0.4) is 0 Å². The number of aromatic nitrogens is 3. The van der Waals surface area contributed by atoms with Crippen LogP contribution in [0.15, 0.2) is 42.5 Å². The summed E-state index contributed by atoms with van der Waals surface area (Å²) in [5, 5.41) is 6.61. The lowest BCUT2D eigenvalue weighted by Crippen LogP contribution is -2.18. The molecule has 0 aliphatic heterocycles. The van der Waals surface area contributed by atoms with E-state index >= 15 is 0 Å². The number of amides is 2. The molecular formula is C25H21N5O2S2. The van der Waals surface area contributed by atoms with Crippen LogP contribution in [0.1, 0.15) is 43.2 Å². The molecule has 2 aromatic carbocycles. The summed E-state index contributed by atoms with van der Waals surface area (Å²) in [5.74, 6) is -0.842. The van der Waals surface area contributed by atoms with Gasteiger partial charge in [-0.25, -0.2) is 15.0 Å². The topological polar surface area (TPSA) is 96.9 Å². The van der Waals surface area contributed by atoms with Gasteiger partial charge in [0.1, 0.15) is 11.4 Å². The molecule has 0 unspecified atom stereocenters. The van der Waals surface area contributed by atoms with Gasteiger partial charge in [-0.05, 0) is 62.1 Å². The van der Waals surface area contributed by atoms with Gasteiger partial charge < -0.3 is 0 Å². The van der Waals surface area contributed by atoms with Gasteiger partial charge in [0.15, 0.2) is 10.3 Å². The molecule has 2 amide bonds. The van der Waals surface area contributed by atoms with Gasteiger partial charge in [-0.15, -0.1) is 0 Å².